The standard InChI is InChI=1S/C28H29N5O3S/c1-28(2,3)21-11-9-20(10-12-21)26-31-32-27(33(26)22-13-15-23(35-4)16-14-22)37-19-25(34)30-29-17-5-7-24-8-6-18-36-24/h5-18H,19H2,1-4H3,(H,30,34)/b7-5-,29-17+. The molecule has 0 aliphatic rings. The molecule has 37 heavy (non-hydrogen) atoms. The number of carbonyl (C=O) groups excluding carboxylic acids is 1. The molecule has 1 N–H and O–H groups in total. The van der Waals surface area contributed by atoms with Crippen LogP contribution in [0.2, 0.25) is 0 Å². The van der Waals surface area contributed by atoms with E-state index in [0.29, 0.717) is 16.7 Å². The number of benzene rings is 2. The van der Waals surface area contributed by atoms with E-state index in [9.17, 15) is 4.79 Å². The van der Waals surface area contributed by atoms with Crippen LogP contribution in [0, 0.1) is 0 Å². The van der Waals surface area contributed by atoms with E-state index in [2.05, 4.69) is 65.8 Å². The second-order valence-electron chi connectivity index (χ2n) is 9.14. The maximum absolute atomic E-state index is 12.4. The molecule has 9 heteroatoms. The van der Waals surface area contributed by atoms with Crippen molar-refractivity contribution in [3.8, 4) is 22.8 Å². The van der Waals surface area contributed by atoms with Gasteiger partial charge in [0.05, 0.1) is 19.1 Å². The normalized spacial score (nSPS) is 11.9. The molecular weight excluding hydrogens is 486 g/mol. The smallest absolute Gasteiger partial charge is 0.250 e. The lowest BCUT2D eigenvalue weighted by atomic mass is 9.87. The second kappa shape index (κ2) is 11.7. The molecule has 4 aromatic rings. The lowest BCUT2D eigenvalue weighted by Gasteiger charge is -2.19. The summed E-state index contributed by atoms with van der Waals surface area (Å²) in [5.74, 6) is 2.01. The number of nitrogens with zero attached hydrogens (tertiary/aromatic N) is 4. The minimum absolute atomic E-state index is 0.0492. The van der Waals surface area contributed by atoms with Gasteiger partial charge in [-0.1, -0.05) is 56.8 Å². The van der Waals surface area contributed by atoms with E-state index in [1.807, 2.05) is 34.9 Å². The Bertz CT molecular complexity index is 1370. The fourth-order valence-corrected chi connectivity index (χ4v) is 4.22. The first-order valence-corrected chi connectivity index (χ1v) is 12.7. The molecule has 2 aromatic heterocycles. The van der Waals surface area contributed by atoms with E-state index in [1.54, 1.807) is 31.6 Å². The molecule has 0 aliphatic carbocycles. The highest BCUT2D eigenvalue weighted by atomic mass is 32.2. The maximum atomic E-state index is 12.4. The van der Waals surface area contributed by atoms with Crippen LogP contribution in [0.25, 0.3) is 23.2 Å². The Morgan fingerprint density at radius 2 is 1.86 bits per heavy atom. The zero-order chi connectivity index (χ0) is 26.3. The van der Waals surface area contributed by atoms with E-state index in [1.165, 1.54) is 23.5 Å². The van der Waals surface area contributed by atoms with Crippen LogP contribution in [0.5, 0.6) is 5.75 Å². The number of allylic oxidation sites excluding steroid dienone is 1. The molecule has 2 heterocycles. The fraction of sp³-hybridized carbons (Fsp3) is 0.214. The van der Waals surface area contributed by atoms with Crippen molar-refractivity contribution in [3.05, 3.63) is 84.3 Å². The van der Waals surface area contributed by atoms with Gasteiger partial charge in [0.1, 0.15) is 11.5 Å². The van der Waals surface area contributed by atoms with Gasteiger partial charge in [-0.05, 0) is 59.5 Å². The average Bonchev–Trinajstić information content (AvgIpc) is 3.57. The molecule has 2 aromatic carbocycles. The van der Waals surface area contributed by atoms with Crippen LogP contribution in [0.1, 0.15) is 32.1 Å². The number of methoxy groups -OCH3 is 1. The van der Waals surface area contributed by atoms with Crippen LogP contribution < -0.4 is 10.2 Å². The van der Waals surface area contributed by atoms with Crippen LogP contribution >= 0.6 is 11.8 Å². The van der Waals surface area contributed by atoms with Gasteiger partial charge >= 0.3 is 0 Å². The van der Waals surface area contributed by atoms with Gasteiger partial charge in [-0.3, -0.25) is 9.36 Å². The van der Waals surface area contributed by atoms with Gasteiger partial charge in [-0.15, -0.1) is 10.2 Å². The molecular formula is C28H29N5O3S. The molecule has 0 radical (unpaired) electrons. The van der Waals surface area contributed by atoms with Crippen LogP contribution in [-0.2, 0) is 10.2 Å². The van der Waals surface area contributed by atoms with Gasteiger partial charge in [-0.25, -0.2) is 5.43 Å². The van der Waals surface area contributed by atoms with Crippen molar-refractivity contribution < 1.29 is 13.9 Å². The first kappa shape index (κ1) is 26.0. The summed E-state index contributed by atoms with van der Waals surface area (Å²) in [6, 6.07) is 19.6. The number of hydrogen-bond acceptors (Lipinski definition) is 7. The van der Waals surface area contributed by atoms with Crippen molar-refractivity contribution in [2.45, 2.75) is 31.3 Å². The van der Waals surface area contributed by atoms with Gasteiger partial charge < -0.3 is 9.15 Å². The van der Waals surface area contributed by atoms with Crippen molar-refractivity contribution in [1.29, 1.82) is 0 Å². The number of hydrogen-bond donors (Lipinski definition) is 1. The summed E-state index contributed by atoms with van der Waals surface area (Å²) in [5.41, 5.74) is 5.60. The topological polar surface area (TPSA) is 94.5 Å². The van der Waals surface area contributed by atoms with E-state index in [4.69, 9.17) is 9.15 Å². The first-order chi connectivity index (χ1) is 17.8. The van der Waals surface area contributed by atoms with Crippen LogP contribution in [0.15, 0.2) is 87.7 Å². The van der Waals surface area contributed by atoms with E-state index in [0.717, 1.165) is 17.0 Å². The molecule has 1 amide bonds. The van der Waals surface area contributed by atoms with Gasteiger partial charge in [0.25, 0.3) is 5.91 Å². The summed E-state index contributed by atoms with van der Waals surface area (Å²) in [6.07, 6.45) is 6.51. The molecule has 0 atom stereocenters. The fourth-order valence-electron chi connectivity index (χ4n) is 3.47. The third-order valence-electron chi connectivity index (χ3n) is 5.46. The largest absolute Gasteiger partial charge is 0.497 e. The number of furan rings is 1. The molecule has 0 aliphatic heterocycles. The molecule has 0 bridgehead atoms. The summed E-state index contributed by atoms with van der Waals surface area (Å²) < 4.78 is 12.5. The Kier molecular flexibility index (Phi) is 8.25. The SMILES string of the molecule is COc1ccc(-n2c(SCC(=O)N/N=C/C=C\c3ccco3)nnc2-c2ccc(C(C)(C)C)cc2)cc1. The highest BCUT2D eigenvalue weighted by molar-refractivity contribution is 7.99. The van der Waals surface area contributed by atoms with Crippen LogP contribution in [0.4, 0.5) is 0 Å². The number of hydrazone groups is 1. The summed E-state index contributed by atoms with van der Waals surface area (Å²) in [7, 11) is 1.63. The highest BCUT2D eigenvalue weighted by Gasteiger charge is 2.19. The van der Waals surface area contributed by atoms with E-state index >= 15 is 0 Å². The Morgan fingerprint density at radius 3 is 2.51 bits per heavy atom. The summed E-state index contributed by atoms with van der Waals surface area (Å²) in [5, 5.41) is 13.4. The van der Waals surface area contributed by atoms with Gasteiger partial charge in [0, 0.05) is 17.5 Å². The summed E-state index contributed by atoms with van der Waals surface area (Å²) in [6.45, 7) is 6.54. The van der Waals surface area contributed by atoms with Gasteiger partial charge in [-0.2, -0.15) is 5.10 Å². The van der Waals surface area contributed by atoms with Crippen LogP contribution in [0.3, 0.4) is 0 Å². The van der Waals surface area contributed by atoms with Gasteiger partial charge in [0.2, 0.25) is 0 Å². The number of amides is 1. The molecule has 0 unspecified atom stereocenters. The summed E-state index contributed by atoms with van der Waals surface area (Å²) in [4.78, 5) is 12.4. The molecule has 0 saturated carbocycles. The number of carbonyl (C=O) groups is 1. The number of thioether (sulfide) groups is 1. The Balaban J connectivity index is 1.51. The molecule has 0 saturated heterocycles. The Morgan fingerprint density at radius 1 is 1.11 bits per heavy atom. The number of aromatic nitrogens is 3. The number of ether oxygens (including phenoxy) is 1. The zero-order valence-corrected chi connectivity index (χ0v) is 22.0. The quantitative estimate of drug-likeness (QED) is 0.174. The second-order valence-corrected chi connectivity index (χ2v) is 10.1. The van der Waals surface area contributed by atoms with Gasteiger partial charge in [0.15, 0.2) is 11.0 Å². The molecule has 0 spiro atoms. The molecule has 4 rings (SSSR count). The summed E-state index contributed by atoms with van der Waals surface area (Å²) >= 11 is 1.28. The van der Waals surface area contributed by atoms with Crippen molar-refractivity contribution in [2.24, 2.45) is 5.10 Å². The van der Waals surface area contributed by atoms with Crippen molar-refractivity contribution in [2.75, 3.05) is 12.9 Å². The van der Waals surface area contributed by atoms with Crippen molar-refractivity contribution >= 4 is 30.0 Å². The maximum Gasteiger partial charge on any atom is 0.250 e. The number of nitrogens with one attached hydrogen (secondary N) is 1. The average molecular weight is 516 g/mol. The minimum Gasteiger partial charge on any atom is -0.497 e. The third kappa shape index (κ3) is 6.77. The number of rotatable bonds is 9. The highest BCUT2D eigenvalue weighted by Crippen LogP contribution is 2.30. The predicted molar refractivity (Wildman–Crippen MR) is 147 cm³/mol. The van der Waals surface area contributed by atoms with Crippen molar-refractivity contribution in [3.63, 3.8) is 0 Å². The first-order valence-electron chi connectivity index (χ1n) is 11.7. The van der Waals surface area contributed by atoms with Crippen LogP contribution in [-0.4, -0.2) is 39.7 Å². The molecule has 0 fully saturated rings. The van der Waals surface area contributed by atoms with E-state index < -0.39 is 0 Å². The lowest BCUT2D eigenvalue weighted by Crippen LogP contribution is -2.19. The molecule has 190 valence electrons. The zero-order valence-electron chi connectivity index (χ0n) is 21.2. The Hall–Kier alpha value is -4.11. The molecule has 8 nitrogen and oxygen atoms in total. The minimum atomic E-state index is -0.256. The third-order valence-corrected chi connectivity index (χ3v) is 6.39. The predicted octanol–water partition coefficient (Wildman–Crippen LogP) is 5.74. The Labute approximate surface area is 220 Å². The van der Waals surface area contributed by atoms with E-state index in [-0.39, 0.29) is 17.1 Å². The lowest BCUT2D eigenvalue weighted by molar-refractivity contribution is -0.118. The monoisotopic (exact) mass is 515 g/mol. The van der Waals surface area contributed by atoms with Crippen molar-refractivity contribution in [1.82, 2.24) is 20.2 Å².